The van der Waals surface area contributed by atoms with Crippen molar-refractivity contribution in [3.8, 4) is 0 Å². The number of benzene rings is 1. The lowest BCUT2D eigenvalue weighted by Gasteiger charge is -2.36. The lowest BCUT2D eigenvalue weighted by molar-refractivity contribution is -0.155. The van der Waals surface area contributed by atoms with Crippen LogP contribution in [0, 0.1) is 17.8 Å². The molecule has 2 fully saturated rings. The maximum Gasteiger partial charge on any atom is 0.309 e. The Hall–Kier alpha value is -1.59. The molecule has 1 N–H and O–H groups in total. The molecular formula is C18H19Cl2NO4. The van der Waals surface area contributed by atoms with E-state index < -0.39 is 11.9 Å². The van der Waals surface area contributed by atoms with Crippen molar-refractivity contribution in [2.75, 3.05) is 11.9 Å². The van der Waals surface area contributed by atoms with Crippen molar-refractivity contribution in [2.24, 2.45) is 17.8 Å². The fourth-order valence-corrected chi connectivity index (χ4v) is 4.16. The fourth-order valence-electron chi connectivity index (χ4n) is 3.70. The molecule has 0 radical (unpaired) electrons. The average molecular weight is 384 g/mol. The van der Waals surface area contributed by atoms with Crippen LogP contribution in [-0.2, 0) is 19.1 Å². The number of hydrogen-bond donors (Lipinski definition) is 1. The number of Topliss-reactive ketones (excluding diaryl/α,β-unsaturated/α-hetero) is 1. The molecule has 3 rings (SSSR count). The minimum atomic E-state index is -0.468. The van der Waals surface area contributed by atoms with Crippen LogP contribution in [0.15, 0.2) is 18.2 Å². The van der Waals surface area contributed by atoms with Gasteiger partial charge in [0.05, 0.1) is 16.6 Å². The van der Waals surface area contributed by atoms with Crippen molar-refractivity contribution >= 4 is 46.5 Å². The molecule has 2 aliphatic carbocycles. The second kappa shape index (κ2) is 7.75. The number of halogens is 2. The molecule has 0 spiro atoms. The first kappa shape index (κ1) is 18.2. The van der Waals surface area contributed by atoms with Gasteiger partial charge in [0, 0.05) is 16.9 Å². The van der Waals surface area contributed by atoms with Crippen LogP contribution in [0.4, 0.5) is 5.69 Å². The smallest absolute Gasteiger partial charge is 0.309 e. The number of rotatable bonds is 4. The maximum absolute atomic E-state index is 12.2. The first-order chi connectivity index (χ1) is 11.9. The van der Waals surface area contributed by atoms with Crippen molar-refractivity contribution < 1.29 is 19.1 Å². The van der Waals surface area contributed by atoms with Gasteiger partial charge in [-0.3, -0.25) is 14.4 Å². The number of ether oxygens (including phenoxy) is 1. The minimum absolute atomic E-state index is 0.0215. The highest BCUT2D eigenvalue weighted by molar-refractivity contribution is 6.36. The standard InChI is InChI=1S/C18H19Cl2NO4/c19-13-4-5-15(14(20)8-13)21-16(22)9-25-18(24)12-6-10-2-1-3-11(7-12)17(10)23/h4-5,8,10-12H,1-3,6-7,9H2,(H,21,22)/t10-,11-/m1/s1. The van der Waals surface area contributed by atoms with Crippen LogP contribution in [0.5, 0.6) is 0 Å². The quantitative estimate of drug-likeness (QED) is 0.800. The van der Waals surface area contributed by atoms with Gasteiger partial charge in [0.25, 0.3) is 5.91 Å². The summed E-state index contributed by atoms with van der Waals surface area (Å²) in [5.41, 5.74) is 0.407. The number of hydrogen-bond acceptors (Lipinski definition) is 4. The van der Waals surface area contributed by atoms with Crippen LogP contribution in [0.3, 0.4) is 0 Å². The van der Waals surface area contributed by atoms with E-state index in [0.29, 0.717) is 34.4 Å². The summed E-state index contributed by atoms with van der Waals surface area (Å²) in [5, 5.41) is 3.36. The zero-order chi connectivity index (χ0) is 18.0. The summed E-state index contributed by atoms with van der Waals surface area (Å²) in [6, 6.07) is 4.70. The number of amides is 1. The van der Waals surface area contributed by atoms with Crippen molar-refractivity contribution in [1.82, 2.24) is 0 Å². The van der Waals surface area contributed by atoms with Crippen LogP contribution in [0.2, 0.25) is 10.0 Å². The third kappa shape index (κ3) is 4.33. The van der Waals surface area contributed by atoms with Gasteiger partial charge in [-0.1, -0.05) is 29.6 Å². The third-order valence-electron chi connectivity index (χ3n) is 4.93. The maximum atomic E-state index is 12.2. The molecule has 2 atom stereocenters. The average Bonchev–Trinajstić information content (AvgIpc) is 2.55. The van der Waals surface area contributed by atoms with E-state index in [9.17, 15) is 14.4 Å². The number of ketones is 1. The number of carbonyl (C=O) groups is 3. The van der Waals surface area contributed by atoms with Gasteiger partial charge >= 0.3 is 5.97 Å². The normalized spacial score (nSPS) is 25.4. The van der Waals surface area contributed by atoms with Gasteiger partial charge in [0.2, 0.25) is 0 Å². The molecule has 1 aromatic carbocycles. The monoisotopic (exact) mass is 383 g/mol. The van der Waals surface area contributed by atoms with E-state index in [0.717, 1.165) is 19.3 Å². The molecular weight excluding hydrogens is 365 g/mol. The fraction of sp³-hybridized carbons (Fsp3) is 0.500. The van der Waals surface area contributed by atoms with Crippen molar-refractivity contribution in [3.63, 3.8) is 0 Å². The molecule has 0 saturated heterocycles. The van der Waals surface area contributed by atoms with Gasteiger partial charge in [-0.2, -0.15) is 0 Å². The third-order valence-corrected chi connectivity index (χ3v) is 5.48. The lowest BCUT2D eigenvalue weighted by atomic mass is 9.67. The number of anilines is 1. The molecule has 2 saturated carbocycles. The van der Waals surface area contributed by atoms with Crippen LogP contribution in [0.1, 0.15) is 32.1 Å². The van der Waals surface area contributed by atoms with E-state index in [1.54, 1.807) is 12.1 Å². The minimum Gasteiger partial charge on any atom is -0.455 e. The van der Waals surface area contributed by atoms with Crippen LogP contribution >= 0.6 is 23.2 Å². The lowest BCUT2D eigenvalue weighted by Crippen LogP contribution is -2.40. The van der Waals surface area contributed by atoms with Gasteiger partial charge in [-0.15, -0.1) is 0 Å². The first-order valence-corrected chi connectivity index (χ1v) is 9.15. The Morgan fingerprint density at radius 2 is 1.84 bits per heavy atom. The van der Waals surface area contributed by atoms with Crippen molar-refractivity contribution in [1.29, 1.82) is 0 Å². The van der Waals surface area contributed by atoms with E-state index >= 15 is 0 Å². The predicted molar refractivity (Wildman–Crippen MR) is 94.6 cm³/mol. The molecule has 5 nitrogen and oxygen atoms in total. The highest BCUT2D eigenvalue weighted by atomic mass is 35.5. The molecule has 134 valence electrons. The number of nitrogens with one attached hydrogen (secondary N) is 1. The Balaban J connectivity index is 1.50. The summed E-state index contributed by atoms with van der Waals surface area (Å²) in [7, 11) is 0. The molecule has 0 heterocycles. The molecule has 1 aromatic rings. The van der Waals surface area contributed by atoms with Gasteiger partial charge < -0.3 is 10.1 Å². The van der Waals surface area contributed by atoms with Crippen molar-refractivity contribution in [2.45, 2.75) is 32.1 Å². The molecule has 0 aliphatic heterocycles. The van der Waals surface area contributed by atoms with E-state index in [4.69, 9.17) is 27.9 Å². The zero-order valence-electron chi connectivity index (χ0n) is 13.6. The Morgan fingerprint density at radius 1 is 1.16 bits per heavy atom. The second-order valence-corrected chi connectivity index (χ2v) is 7.52. The summed E-state index contributed by atoms with van der Waals surface area (Å²) in [6.45, 7) is -0.377. The Bertz CT molecular complexity index is 690. The number of carbonyl (C=O) groups excluding carboxylic acids is 3. The van der Waals surface area contributed by atoms with E-state index in [1.165, 1.54) is 6.07 Å². The molecule has 25 heavy (non-hydrogen) atoms. The van der Waals surface area contributed by atoms with E-state index in [1.807, 2.05) is 0 Å². The number of fused-ring (bicyclic) bond motifs is 2. The highest BCUT2D eigenvalue weighted by Crippen LogP contribution is 2.40. The summed E-state index contributed by atoms with van der Waals surface area (Å²) < 4.78 is 5.15. The van der Waals surface area contributed by atoms with Gasteiger partial charge in [-0.05, 0) is 43.9 Å². The largest absolute Gasteiger partial charge is 0.455 e. The highest BCUT2D eigenvalue weighted by Gasteiger charge is 2.41. The molecule has 1 amide bonds. The van der Waals surface area contributed by atoms with Crippen LogP contribution < -0.4 is 5.32 Å². The first-order valence-electron chi connectivity index (χ1n) is 8.39. The molecule has 0 unspecified atom stereocenters. The molecule has 0 aromatic heterocycles. The molecule has 7 heteroatoms. The van der Waals surface area contributed by atoms with Gasteiger partial charge in [-0.25, -0.2) is 0 Å². The number of esters is 1. The predicted octanol–water partition coefficient (Wildman–Crippen LogP) is 3.87. The zero-order valence-corrected chi connectivity index (χ0v) is 15.1. The van der Waals surface area contributed by atoms with E-state index in [-0.39, 0.29) is 24.4 Å². The molecule has 2 aliphatic rings. The Kier molecular flexibility index (Phi) is 5.64. The summed E-state index contributed by atoms with van der Waals surface area (Å²) in [5.74, 6) is -0.907. The van der Waals surface area contributed by atoms with Gasteiger partial charge in [0.15, 0.2) is 6.61 Å². The van der Waals surface area contributed by atoms with Crippen LogP contribution in [-0.4, -0.2) is 24.3 Å². The van der Waals surface area contributed by atoms with Crippen molar-refractivity contribution in [3.05, 3.63) is 28.2 Å². The summed E-state index contributed by atoms with van der Waals surface area (Å²) in [6.07, 6.45) is 3.84. The Labute approximate surface area is 156 Å². The topological polar surface area (TPSA) is 72.5 Å². The van der Waals surface area contributed by atoms with Gasteiger partial charge in [0.1, 0.15) is 5.78 Å². The SMILES string of the molecule is O=C(COC(=O)C1C[C@H]2CCC[C@H](C1)C2=O)Nc1ccc(Cl)cc1Cl. The second-order valence-electron chi connectivity index (χ2n) is 6.68. The summed E-state index contributed by atoms with van der Waals surface area (Å²) >= 11 is 11.8. The summed E-state index contributed by atoms with van der Waals surface area (Å²) in [4.78, 5) is 36.3. The van der Waals surface area contributed by atoms with Crippen LogP contribution in [0.25, 0.3) is 0 Å². The Morgan fingerprint density at radius 3 is 2.48 bits per heavy atom. The van der Waals surface area contributed by atoms with E-state index in [2.05, 4.69) is 5.32 Å². The molecule has 2 bridgehead atoms.